The number of carbonyl (C=O) groups excluding carboxylic acids is 2. The Labute approximate surface area is 184 Å². The third-order valence-corrected chi connectivity index (χ3v) is 6.42. The van der Waals surface area contributed by atoms with Crippen LogP contribution in [0.5, 0.6) is 0 Å². The van der Waals surface area contributed by atoms with Crippen molar-refractivity contribution in [3.63, 3.8) is 0 Å². The number of aromatic nitrogens is 1. The molecular weight excluding hydrogens is 388 g/mol. The molecule has 1 aromatic carbocycles. The number of pyridine rings is 1. The fourth-order valence-electron chi connectivity index (χ4n) is 4.45. The molecule has 2 aliphatic heterocycles. The number of hydrogen-bond acceptors (Lipinski definition) is 4. The average Bonchev–Trinajstić information content (AvgIpc) is 2.83. The minimum absolute atomic E-state index is 0.000875. The van der Waals surface area contributed by atoms with Gasteiger partial charge in [-0.3, -0.25) is 4.79 Å². The molecule has 6 heteroatoms. The zero-order valence-corrected chi connectivity index (χ0v) is 18.3. The van der Waals surface area contributed by atoms with E-state index < -0.39 is 0 Å². The summed E-state index contributed by atoms with van der Waals surface area (Å²) in [6, 6.07) is 11.8. The minimum Gasteiger partial charge on any atom is -0.357 e. The fourth-order valence-corrected chi connectivity index (χ4v) is 4.45. The molecule has 0 spiro atoms. The monoisotopic (exact) mass is 420 g/mol. The number of Topliss-reactive ketones (excluding diaryl/α,β-unsaturated/α-hetero) is 1. The van der Waals surface area contributed by atoms with Gasteiger partial charge in [-0.2, -0.15) is 0 Å². The second kappa shape index (κ2) is 9.94. The first-order valence-electron chi connectivity index (χ1n) is 11.4. The molecule has 0 aliphatic carbocycles. The van der Waals surface area contributed by atoms with Crippen LogP contribution >= 0.6 is 0 Å². The summed E-state index contributed by atoms with van der Waals surface area (Å²) < 4.78 is 0. The van der Waals surface area contributed by atoms with Crippen LogP contribution in [0.15, 0.2) is 42.6 Å². The molecule has 2 saturated heterocycles. The van der Waals surface area contributed by atoms with Crippen LogP contribution in [0.2, 0.25) is 0 Å². The first-order valence-corrected chi connectivity index (χ1v) is 11.4. The zero-order chi connectivity index (χ0) is 21.6. The third-order valence-electron chi connectivity index (χ3n) is 6.42. The molecule has 0 unspecified atom stereocenters. The molecule has 2 aromatic rings. The van der Waals surface area contributed by atoms with E-state index in [-0.39, 0.29) is 17.7 Å². The Kier molecular flexibility index (Phi) is 6.85. The van der Waals surface area contributed by atoms with Gasteiger partial charge in [0.05, 0.1) is 0 Å². The highest BCUT2D eigenvalue weighted by atomic mass is 16.2. The van der Waals surface area contributed by atoms with E-state index in [0.29, 0.717) is 32.5 Å². The summed E-state index contributed by atoms with van der Waals surface area (Å²) in [5.74, 6) is 1.20. The Bertz CT molecular complexity index is 898. The van der Waals surface area contributed by atoms with Crippen LogP contribution < -0.4 is 10.2 Å². The van der Waals surface area contributed by atoms with Gasteiger partial charge in [0.1, 0.15) is 5.82 Å². The minimum atomic E-state index is -0.0578. The molecule has 6 nitrogen and oxygen atoms in total. The number of urea groups is 1. The average molecular weight is 421 g/mol. The summed E-state index contributed by atoms with van der Waals surface area (Å²) in [4.78, 5) is 34.0. The van der Waals surface area contributed by atoms with Crippen molar-refractivity contribution in [2.75, 3.05) is 31.1 Å². The second-order valence-corrected chi connectivity index (χ2v) is 8.72. The molecule has 0 saturated carbocycles. The molecule has 3 heterocycles. The van der Waals surface area contributed by atoms with E-state index in [0.717, 1.165) is 35.6 Å². The molecule has 0 bridgehead atoms. The first kappa shape index (κ1) is 21.3. The van der Waals surface area contributed by atoms with Crippen molar-refractivity contribution < 1.29 is 9.59 Å². The molecule has 2 amide bonds. The molecule has 0 atom stereocenters. The maximum Gasteiger partial charge on any atom is 0.317 e. The number of carbonyl (C=O) groups is 2. The van der Waals surface area contributed by atoms with Crippen LogP contribution in [0.4, 0.5) is 10.6 Å². The summed E-state index contributed by atoms with van der Waals surface area (Å²) in [7, 11) is 0. The van der Waals surface area contributed by atoms with Gasteiger partial charge in [-0.15, -0.1) is 0 Å². The molecule has 2 fully saturated rings. The summed E-state index contributed by atoms with van der Waals surface area (Å²) in [5.41, 5.74) is 2.99. The van der Waals surface area contributed by atoms with Crippen LogP contribution in [0.1, 0.15) is 53.6 Å². The number of ketones is 1. The van der Waals surface area contributed by atoms with E-state index in [4.69, 9.17) is 0 Å². The maximum absolute atomic E-state index is 12.7. The fraction of sp³-hybridized carbons (Fsp3) is 0.480. The van der Waals surface area contributed by atoms with E-state index >= 15 is 0 Å². The van der Waals surface area contributed by atoms with Gasteiger partial charge in [0, 0.05) is 50.4 Å². The molecular formula is C25H32N4O2. The lowest BCUT2D eigenvalue weighted by Crippen LogP contribution is -2.45. The number of rotatable bonds is 5. The topological polar surface area (TPSA) is 65.5 Å². The molecule has 164 valence electrons. The number of nitrogens with one attached hydrogen (secondary N) is 1. The predicted molar refractivity (Wildman–Crippen MR) is 122 cm³/mol. The van der Waals surface area contributed by atoms with Crippen molar-refractivity contribution in [3.05, 3.63) is 59.3 Å². The van der Waals surface area contributed by atoms with Crippen LogP contribution in [0, 0.1) is 12.8 Å². The van der Waals surface area contributed by atoms with Crippen LogP contribution in [0.25, 0.3) is 0 Å². The van der Waals surface area contributed by atoms with Crippen molar-refractivity contribution in [2.45, 2.75) is 45.6 Å². The van der Waals surface area contributed by atoms with Gasteiger partial charge in [0.2, 0.25) is 0 Å². The highest BCUT2D eigenvalue weighted by molar-refractivity contribution is 5.98. The lowest BCUT2D eigenvalue weighted by Gasteiger charge is -2.31. The van der Waals surface area contributed by atoms with E-state index in [9.17, 15) is 9.59 Å². The van der Waals surface area contributed by atoms with Crippen molar-refractivity contribution in [1.82, 2.24) is 15.2 Å². The number of hydrogen-bond donors (Lipinski definition) is 1. The Morgan fingerprint density at radius 3 is 2.42 bits per heavy atom. The SMILES string of the molecule is Cc1ccc(C(=O)C2CCN(C(=O)NCc3ccnc(N4CCCCC4)c3)CC2)cc1. The summed E-state index contributed by atoms with van der Waals surface area (Å²) in [6.07, 6.45) is 6.98. The number of piperidine rings is 2. The number of amides is 2. The normalized spacial score (nSPS) is 17.5. The van der Waals surface area contributed by atoms with E-state index in [1.807, 2.05) is 48.4 Å². The van der Waals surface area contributed by atoms with E-state index in [1.54, 1.807) is 0 Å². The predicted octanol–water partition coefficient (Wildman–Crippen LogP) is 4.18. The summed E-state index contributed by atoms with van der Waals surface area (Å²) in [5, 5.41) is 3.04. The number of benzene rings is 1. The Hall–Kier alpha value is -2.89. The maximum atomic E-state index is 12.7. The molecule has 31 heavy (non-hydrogen) atoms. The second-order valence-electron chi connectivity index (χ2n) is 8.72. The van der Waals surface area contributed by atoms with Crippen molar-refractivity contribution in [2.24, 2.45) is 5.92 Å². The Morgan fingerprint density at radius 1 is 1.00 bits per heavy atom. The van der Waals surface area contributed by atoms with E-state index in [1.165, 1.54) is 19.3 Å². The number of nitrogens with zero attached hydrogens (tertiary/aromatic N) is 3. The van der Waals surface area contributed by atoms with Gasteiger partial charge in [-0.05, 0) is 56.7 Å². The van der Waals surface area contributed by atoms with Gasteiger partial charge in [0.25, 0.3) is 0 Å². The third kappa shape index (κ3) is 5.43. The zero-order valence-electron chi connectivity index (χ0n) is 18.3. The lowest BCUT2D eigenvalue weighted by molar-refractivity contribution is 0.0854. The van der Waals surface area contributed by atoms with Gasteiger partial charge >= 0.3 is 6.03 Å². The number of anilines is 1. The molecule has 1 aromatic heterocycles. The van der Waals surface area contributed by atoms with E-state index in [2.05, 4.69) is 21.3 Å². The quantitative estimate of drug-likeness (QED) is 0.737. The standard InChI is InChI=1S/C25H32N4O2/c1-19-5-7-21(8-6-19)24(30)22-10-15-29(16-11-22)25(31)27-18-20-9-12-26-23(17-20)28-13-3-2-4-14-28/h5-9,12,17,22H,2-4,10-11,13-16,18H2,1H3,(H,27,31). The van der Waals surface area contributed by atoms with Gasteiger partial charge in [0.15, 0.2) is 5.78 Å². The highest BCUT2D eigenvalue weighted by Gasteiger charge is 2.27. The first-order chi connectivity index (χ1) is 15.1. The Balaban J connectivity index is 1.26. The van der Waals surface area contributed by atoms with Gasteiger partial charge < -0.3 is 15.1 Å². The van der Waals surface area contributed by atoms with Crippen LogP contribution in [0.3, 0.4) is 0 Å². The van der Waals surface area contributed by atoms with Crippen molar-refractivity contribution in [3.8, 4) is 0 Å². The van der Waals surface area contributed by atoms with Gasteiger partial charge in [-0.1, -0.05) is 29.8 Å². The molecule has 0 radical (unpaired) electrons. The molecule has 2 aliphatic rings. The Morgan fingerprint density at radius 2 is 1.71 bits per heavy atom. The largest absolute Gasteiger partial charge is 0.357 e. The number of aryl methyl sites for hydroxylation is 1. The van der Waals surface area contributed by atoms with Crippen molar-refractivity contribution >= 4 is 17.6 Å². The summed E-state index contributed by atoms with van der Waals surface area (Å²) in [6.45, 7) is 5.85. The molecule has 4 rings (SSSR count). The van der Waals surface area contributed by atoms with Crippen LogP contribution in [-0.4, -0.2) is 47.9 Å². The lowest BCUT2D eigenvalue weighted by atomic mass is 9.89. The van der Waals surface area contributed by atoms with Crippen molar-refractivity contribution in [1.29, 1.82) is 0 Å². The number of likely N-dealkylation sites (tertiary alicyclic amines) is 1. The highest BCUT2D eigenvalue weighted by Crippen LogP contribution is 2.22. The molecule has 1 N–H and O–H groups in total. The smallest absolute Gasteiger partial charge is 0.317 e. The summed E-state index contributed by atoms with van der Waals surface area (Å²) >= 11 is 0. The van der Waals surface area contributed by atoms with Gasteiger partial charge in [-0.25, -0.2) is 9.78 Å². The van der Waals surface area contributed by atoms with Crippen LogP contribution in [-0.2, 0) is 6.54 Å².